The van der Waals surface area contributed by atoms with E-state index in [0.29, 0.717) is 56.7 Å². The highest BCUT2D eigenvalue weighted by Crippen LogP contribution is 2.12. The maximum absolute atomic E-state index is 12.8. The Balaban J connectivity index is 1.62. The normalized spacial score (nSPS) is 13.9. The van der Waals surface area contributed by atoms with Crippen LogP contribution in [0.4, 0.5) is 10.7 Å². The van der Waals surface area contributed by atoms with E-state index in [-0.39, 0.29) is 12.0 Å². The quantitative estimate of drug-likeness (QED) is 0.837. The molecule has 1 N–H and O–H groups in total. The summed E-state index contributed by atoms with van der Waals surface area (Å²) in [6.45, 7) is 6.26. The van der Waals surface area contributed by atoms with Gasteiger partial charge in [0.25, 0.3) is 5.91 Å². The van der Waals surface area contributed by atoms with Gasteiger partial charge in [0.1, 0.15) is 5.69 Å². The number of aryl methyl sites for hydroxylation is 1. The van der Waals surface area contributed by atoms with E-state index in [1.807, 2.05) is 19.1 Å². The number of anilines is 1. The number of nitrogens with zero attached hydrogens (tertiary/aromatic N) is 5. The molecule has 3 rings (SSSR count). The van der Waals surface area contributed by atoms with Crippen molar-refractivity contribution in [2.75, 3.05) is 38.1 Å². The summed E-state index contributed by atoms with van der Waals surface area (Å²) in [5.74, 6) is 0.242. The zero-order valence-corrected chi connectivity index (χ0v) is 16.1. The first-order chi connectivity index (χ1) is 13.6. The lowest BCUT2D eigenvalue weighted by Gasteiger charge is -2.33. The SMILES string of the molecule is CCOC(=O)N1CCN(C(=O)c2cc(C)nc(NCc3ccncc3)n2)CC1. The number of nitrogens with one attached hydrogen (secondary N) is 1. The van der Waals surface area contributed by atoms with Gasteiger partial charge in [-0.05, 0) is 37.6 Å². The standard InChI is InChI=1S/C19H24N6O3/c1-3-28-19(27)25-10-8-24(9-11-25)17(26)16-12-14(2)22-18(23-16)21-13-15-4-6-20-7-5-15/h4-7,12H,3,8-11,13H2,1-2H3,(H,21,22,23). The van der Waals surface area contributed by atoms with Crippen LogP contribution in [0.15, 0.2) is 30.6 Å². The predicted octanol–water partition coefficient (Wildman–Crippen LogP) is 1.71. The molecule has 1 saturated heterocycles. The van der Waals surface area contributed by atoms with Crippen LogP contribution in [0.1, 0.15) is 28.7 Å². The minimum Gasteiger partial charge on any atom is -0.450 e. The van der Waals surface area contributed by atoms with Gasteiger partial charge in [-0.1, -0.05) is 0 Å². The van der Waals surface area contributed by atoms with Crippen LogP contribution in [0.3, 0.4) is 0 Å². The van der Waals surface area contributed by atoms with Gasteiger partial charge in [-0.2, -0.15) is 0 Å². The van der Waals surface area contributed by atoms with Crippen molar-refractivity contribution in [2.45, 2.75) is 20.4 Å². The largest absolute Gasteiger partial charge is 0.450 e. The fourth-order valence-corrected chi connectivity index (χ4v) is 2.91. The maximum atomic E-state index is 12.8. The van der Waals surface area contributed by atoms with Crippen molar-refractivity contribution in [1.82, 2.24) is 24.8 Å². The molecule has 0 spiro atoms. The Kier molecular flexibility index (Phi) is 6.36. The first-order valence-electron chi connectivity index (χ1n) is 9.26. The summed E-state index contributed by atoms with van der Waals surface area (Å²) in [6, 6.07) is 5.48. The van der Waals surface area contributed by atoms with Crippen molar-refractivity contribution in [3.63, 3.8) is 0 Å². The van der Waals surface area contributed by atoms with Crippen molar-refractivity contribution in [2.24, 2.45) is 0 Å². The van der Waals surface area contributed by atoms with E-state index in [1.54, 1.807) is 35.2 Å². The molecule has 3 heterocycles. The average Bonchev–Trinajstić information content (AvgIpc) is 2.72. The Morgan fingerprint density at radius 2 is 1.79 bits per heavy atom. The summed E-state index contributed by atoms with van der Waals surface area (Å²) in [5.41, 5.74) is 2.10. The highest BCUT2D eigenvalue weighted by Gasteiger charge is 2.26. The Morgan fingerprint density at radius 1 is 1.11 bits per heavy atom. The van der Waals surface area contributed by atoms with Crippen molar-refractivity contribution in [1.29, 1.82) is 0 Å². The Hall–Kier alpha value is -3.23. The van der Waals surface area contributed by atoms with Crippen molar-refractivity contribution in [3.05, 3.63) is 47.5 Å². The van der Waals surface area contributed by atoms with Crippen LogP contribution in [0.5, 0.6) is 0 Å². The third-order valence-electron chi connectivity index (χ3n) is 4.37. The molecule has 0 radical (unpaired) electrons. The molecule has 1 aliphatic rings. The number of amides is 2. The van der Waals surface area contributed by atoms with Crippen LogP contribution < -0.4 is 5.32 Å². The summed E-state index contributed by atoms with van der Waals surface area (Å²) in [7, 11) is 0. The first-order valence-corrected chi connectivity index (χ1v) is 9.26. The zero-order chi connectivity index (χ0) is 19.9. The number of ether oxygens (including phenoxy) is 1. The van der Waals surface area contributed by atoms with E-state index in [9.17, 15) is 9.59 Å². The molecule has 1 aliphatic heterocycles. The molecule has 0 aliphatic carbocycles. The smallest absolute Gasteiger partial charge is 0.409 e. The molecular formula is C19H24N6O3. The number of carbonyl (C=O) groups excluding carboxylic acids is 2. The zero-order valence-electron chi connectivity index (χ0n) is 16.1. The van der Waals surface area contributed by atoms with Gasteiger partial charge in [-0.25, -0.2) is 14.8 Å². The van der Waals surface area contributed by atoms with Crippen LogP contribution in [0.25, 0.3) is 0 Å². The third-order valence-corrected chi connectivity index (χ3v) is 4.37. The van der Waals surface area contributed by atoms with E-state index < -0.39 is 0 Å². The number of piperazine rings is 1. The van der Waals surface area contributed by atoms with E-state index >= 15 is 0 Å². The van der Waals surface area contributed by atoms with Crippen LogP contribution in [0.2, 0.25) is 0 Å². The summed E-state index contributed by atoms with van der Waals surface area (Å²) < 4.78 is 5.01. The molecule has 0 saturated carbocycles. The van der Waals surface area contributed by atoms with Crippen molar-refractivity contribution >= 4 is 17.9 Å². The minimum atomic E-state index is -0.338. The highest BCUT2D eigenvalue weighted by molar-refractivity contribution is 5.92. The number of hydrogen-bond acceptors (Lipinski definition) is 7. The van der Waals surface area contributed by atoms with Gasteiger partial charge >= 0.3 is 6.09 Å². The predicted molar refractivity (Wildman–Crippen MR) is 103 cm³/mol. The maximum Gasteiger partial charge on any atom is 0.409 e. The molecule has 0 aromatic carbocycles. The molecule has 0 bridgehead atoms. The second-order valence-electron chi connectivity index (χ2n) is 6.41. The van der Waals surface area contributed by atoms with Gasteiger partial charge in [0.2, 0.25) is 5.95 Å². The summed E-state index contributed by atoms with van der Waals surface area (Å²) in [4.78, 5) is 40.7. The van der Waals surface area contributed by atoms with Gasteiger partial charge in [0.05, 0.1) is 6.61 Å². The molecule has 148 valence electrons. The van der Waals surface area contributed by atoms with Crippen molar-refractivity contribution < 1.29 is 14.3 Å². The molecule has 9 nitrogen and oxygen atoms in total. The molecule has 28 heavy (non-hydrogen) atoms. The number of aromatic nitrogens is 3. The summed E-state index contributed by atoms with van der Waals surface area (Å²) >= 11 is 0. The lowest BCUT2D eigenvalue weighted by molar-refractivity contribution is 0.0566. The monoisotopic (exact) mass is 384 g/mol. The number of carbonyl (C=O) groups is 2. The third kappa shape index (κ3) is 4.93. The fraction of sp³-hybridized carbons (Fsp3) is 0.421. The summed E-state index contributed by atoms with van der Waals surface area (Å²) in [6.07, 6.45) is 3.10. The molecular weight excluding hydrogens is 360 g/mol. The topological polar surface area (TPSA) is 101 Å². The van der Waals surface area contributed by atoms with Gasteiger partial charge < -0.3 is 19.9 Å². The van der Waals surface area contributed by atoms with Crippen molar-refractivity contribution in [3.8, 4) is 0 Å². The average molecular weight is 384 g/mol. The minimum absolute atomic E-state index is 0.166. The fourth-order valence-electron chi connectivity index (χ4n) is 2.91. The highest BCUT2D eigenvalue weighted by atomic mass is 16.6. The van der Waals surface area contributed by atoms with E-state index in [1.165, 1.54) is 0 Å². The second kappa shape index (κ2) is 9.12. The molecule has 9 heteroatoms. The first kappa shape index (κ1) is 19.5. The molecule has 2 aromatic heterocycles. The Labute approximate surface area is 163 Å². The Bertz CT molecular complexity index is 822. The molecule has 0 unspecified atom stereocenters. The van der Waals surface area contributed by atoms with Crippen LogP contribution in [-0.4, -0.2) is 69.5 Å². The van der Waals surface area contributed by atoms with E-state index in [4.69, 9.17) is 4.74 Å². The number of rotatable bonds is 5. The number of hydrogen-bond donors (Lipinski definition) is 1. The lowest BCUT2D eigenvalue weighted by Crippen LogP contribution is -2.50. The molecule has 1 fully saturated rings. The van der Waals surface area contributed by atoms with E-state index in [2.05, 4.69) is 20.3 Å². The van der Waals surface area contributed by atoms with Crippen LogP contribution in [0, 0.1) is 6.92 Å². The molecule has 2 aromatic rings. The Morgan fingerprint density at radius 3 is 2.46 bits per heavy atom. The summed E-state index contributed by atoms with van der Waals surface area (Å²) in [5, 5.41) is 3.15. The molecule has 0 atom stereocenters. The van der Waals surface area contributed by atoms with E-state index in [0.717, 1.165) is 5.56 Å². The van der Waals surface area contributed by atoms with Gasteiger partial charge in [-0.15, -0.1) is 0 Å². The van der Waals surface area contributed by atoms with Crippen LogP contribution >= 0.6 is 0 Å². The number of pyridine rings is 1. The van der Waals surface area contributed by atoms with Gasteiger partial charge in [-0.3, -0.25) is 9.78 Å². The van der Waals surface area contributed by atoms with Gasteiger partial charge in [0.15, 0.2) is 0 Å². The lowest BCUT2D eigenvalue weighted by atomic mass is 10.2. The van der Waals surface area contributed by atoms with Crippen LogP contribution in [-0.2, 0) is 11.3 Å². The van der Waals surface area contributed by atoms with Gasteiger partial charge in [0, 0.05) is 50.8 Å². The molecule has 2 amide bonds. The second-order valence-corrected chi connectivity index (χ2v) is 6.41.